The van der Waals surface area contributed by atoms with Crippen molar-refractivity contribution in [3.05, 3.63) is 108 Å². The summed E-state index contributed by atoms with van der Waals surface area (Å²) in [6.07, 6.45) is 5.98. The van der Waals surface area contributed by atoms with Crippen LogP contribution in [0.25, 0.3) is 0 Å². The van der Waals surface area contributed by atoms with E-state index in [9.17, 15) is 4.79 Å². The summed E-state index contributed by atoms with van der Waals surface area (Å²) in [7, 11) is 0. The molecule has 3 nitrogen and oxygen atoms in total. The van der Waals surface area contributed by atoms with Crippen LogP contribution in [0.1, 0.15) is 30.0 Å². The Hall–Kier alpha value is -3.35. The minimum absolute atomic E-state index is 0.0230. The zero-order chi connectivity index (χ0) is 21.9. The fourth-order valence-electron chi connectivity index (χ4n) is 3.97. The summed E-state index contributed by atoms with van der Waals surface area (Å²) in [4.78, 5) is 15.7. The SMILES string of the molecule is C#CCOC(=O)[C@@](CC)(CN(Cc1ccccc1)Cc1ccccc1)c1ccccc1. The van der Waals surface area contributed by atoms with Crippen LogP contribution in [0.5, 0.6) is 0 Å². The maximum absolute atomic E-state index is 13.4. The molecule has 3 aromatic rings. The predicted octanol–water partition coefficient (Wildman–Crippen LogP) is 5.21. The van der Waals surface area contributed by atoms with Crippen molar-refractivity contribution >= 4 is 5.97 Å². The first-order valence-electron chi connectivity index (χ1n) is 10.6. The lowest BCUT2D eigenvalue weighted by Crippen LogP contribution is -2.47. The minimum Gasteiger partial charge on any atom is -0.452 e. The highest BCUT2D eigenvalue weighted by Gasteiger charge is 2.41. The fraction of sp³-hybridized carbons (Fsp3) is 0.250. The maximum atomic E-state index is 13.4. The van der Waals surface area contributed by atoms with Crippen LogP contribution in [0, 0.1) is 12.3 Å². The maximum Gasteiger partial charge on any atom is 0.318 e. The summed E-state index contributed by atoms with van der Waals surface area (Å²) >= 11 is 0. The summed E-state index contributed by atoms with van der Waals surface area (Å²) in [5.74, 6) is 2.15. The van der Waals surface area contributed by atoms with Gasteiger partial charge in [0.2, 0.25) is 0 Å². The quantitative estimate of drug-likeness (QED) is 0.339. The van der Waals surface area contributed by atoms with Crippen LogP contribution < -0.4 is 0 Å². The lowest BCUT2D eigenvalue weighted by molar-refractivity contribution is -0.150. The van der Waals surface area contributed by atoms with Gasteiger partial charge in [0, 0.05) is 19.6 Å². The summed E-state index contributed by atoms with van der Waals surface area (Å²) in [6.45, 7) is 4.00. The molecule has 0 saturated carbocycles. The van der Waals surface area contributed by atoms with Crippen LogP contribution in [-0.2, 0) is 28.0 Å². The molecule has 0 aliphatic heterocycles. The van der Waals surface area contributed by atoms with Gasteiger partial charge in [0.05, 0.1) is 0 Å². The molecular weight excluding hydrogens is 382 g/mol. The molecule has 158 valence electrons. The van der Waals surface area contributed by atoms with Crippen molar-refractivity contribution in [3.8, 4) is 12.3 Å². The van der Waals surface area contributed by atoms with E-state index < -0.39 is 5.41 Å². The number of carbonyl (C=O) groups is 1. The molecule has 1 atom stereocenters. The molecule has 3 rings (SSSR count). The molecule has 0 heterocycles. The Bertz CT molecular complexity index is 938. The average molecular weight is 412 g/mol. The number of ether oxygens (including phenoxy) is 1. The second kappa shape index (κ2) is 11.2. The summed E-state index contributed by atoms with van der Waals surface area (Å²) in [6, 6.07) is 30.6. The number of carbonyl (C=O) groups excluding carboxylic acids is 1. The normalized spacial score (nSPS) is 12.7. The topological polar surface area (TPSA) is 29.5 Å². The van der Waals surface area contributed by atoms with Crippen LogP contribution in [0.15, 0.2) is 91.0 Å². The Kier molecular flexibility index (Phi) is 8.04. The molecule has 0 bridgehead atoms. The van der Waals surface area contributed by atoms with Gasteiger partial charge in [-0.2, -0.15) is 0 Å². The van der Waals surface area contributed by atoms with Crippen LogP contribution in [0.2, 0.25) is 0 Å². The smallest absolute Gasteiger partial charge is 0.318 e. The molecular formula is C28H29NO2. The third-order valence-electron chi connectivity index (χ3n) is 5.60. The van der Waals surface area contributed by atoms with Crippen molar-refractivity contribution < 1.29 is 9.53 Å². The van der Waals surface area contributed by atoms with Gasteiger partial charge in [-0.3, -0.25) is 9.69 Å². The highest BCUT2D eigenvalue weighted by Crippen LogP contribution is 2.32. The van der Waals surface area contributed by atoms with E-state index in [1.54, 1.807) is 0 Å². The molecule has 0 saturated heterocycles. The standard InChI is InChI=1S/C28H29NO2/c1-3-20-31-27(30)28(4-2,26-18-12-7-13-19-26)23-29(21-24-14-8-5-9-15-24)22-25-16-10-6-11-17-25/h1,5-19H,4,20-23H2,2H3/t28-/m0/s1. The van der Waals surface area contributed by atoms with Gasteiger partial charge >= 0.3 is 5.97 Å². The summed E-state index contributed by atoms with van der Waals surface area (Å²) in [5.41, 5.74) is 2.55. The van der Waals surface area contributed by atoms with E-state index in [4.69, 9.17) is 11.2 Å². The van der Waals surface area contributed by atoms with Gasteiger partial charge in [0.15, 0.2) is 6.61 Å². The van der Waals surface area contributed by atoms with Crippen LogP contribution >= 0.6 is 0 Å². The molecule has 0 N–H and O–H groups in total. The van der Waals surface area contributed by atoms with E-state index in [1.165, 1.54) is 11.1 Å². The van der Waals surface area contributed by atoms with Gasteiger partial charge in [-0.05, 0) is 23.1 Å². The van der Waals surface area contributed by atoms with Crippen molar-refractivity contribution in [2.45, 2.75) is 31.8 Å². The Balaban J connectivity index is 1.97. The Morgan fingerprint density at radius 2 is 1.35 bits per heavy atom. The average Bonchev–Trinajstić information content (AvgIpc) is 2.82. The molecule has 0 unspecified atom stereocenters. The monoisotopic (exact) mass is 411 g/mol. The third kappa shape index (κ3) is 5.84. The van der Waals surface area contributed by atoms with Crippen molar-refractivity contribution in [2.24, 2.45) is 0 Å². The number of rotatable bonds is 10. The predicted molar refractivity (Wildman–Crippen MR) is 125 cm³/mol. The van der Waals surface area contributed by atoms with Gasteiger partial charge < -0.3 is 4.74 Å². The largest absolute Gasteiger partial charge is 0.452 e. The van der Waals surface area contributed by atoms with Crippen LogP contribution in [0.4, 0.5) is 0 Å². The summed E-state index contributed by atoms with van der Waals surface area (Å²) in [5, 5.41) is 0. The molecule has 0 fully saturated rings. The highest BCUT2D eigenvalue weighted by molar-refractivity contribution is 5.83. The summed E-state index contributed by atoms with van der Waals surface area (Å²) < 4.78 is 5.50. The number of nitrogens with zero attached hydrogens (tertiary/aromatic N) is 1. The second-order valence-corrected chi connectivity index (χ2v) is 7.70. The van der Waals surface area contributed by atoms with E-state index in [-0.39, 0.29) is 12.6 Å². The molecule has 0 aliphatic rings. The van der Waals surface area contributed by atoms with E-state index in [1.807, 2.05) is 73.7 Å². The van der Waals surface area contributed by atoms with Crippen LogP contribution in [0.3, 0.4) is 0 Å². The Labute approximate surface area is 185 Å². The van der Waals surface area contributed by atoms with E-state index in [0.717, 1.165) is 18.7 Å². The van der Waals surface area contributed by atoms with Gasteiger partial charge in [-0.15, -0.1) is 6.42 Å². The van der Waals surface area contributed by atoms with Gasteiger partial charge in [-0.25, -0.2) is 0 Å². The first kappa shape index (κ1) is 22.3. The number of esters is 1. The van der Waals surface area contributed by atoms with E-state index >= 15 is 0 Å². The third-order valence-corrected chi connectivity index (χ3v) is 5.60. The Morgan fingerprint density at radius 3 is 1.81 bits per heavy atom. The van der Waals surface area contributed by atoms with E-state index in [0.29, 0.717) is 13.0 Å². The molecule has 31 heavy (non-hydrogen) atoms. The zero-order valence-electron chi connectivity index (χ0n) is 18.0. The van der Waals surface area contributed by atoms with Crippen molar-refractivity contribution in [2.75, 3.05) is 13.2 Å². The van der Waals surface area contributed by atoms with Crippen molar-refractivity contribution in [3.63, 3.8) is 0 Å². The first-order valence-corrected chi connectivity index (χ1v) is 10.6. The number of hydrogen-bond donors (Lipinski definition) is 0. The van der Waals surface area contributed by atoms with Crippen LogP contribution in [-0.4, -0.2) is 24.0 Å². The number of hydrogen-bond acceptors (Lipinski definition) is 3. The van der Waals surface area contributed by atoms with Gasteiger partial charge in [0.25, 0.3) is 0 Å². The lowest BCUT2D eigenvalue weighted by Gasteiger charge is -2.36. The minimum atomic E-state index is -0.804. The van der Waals surface area contributed by atoms with Gasteiger partial charge in [0.1, 0.15) is 5.41 Å². The van der Waals surface area contributed by atoms with Crippen molar-refractivity contribution in [1.82, 2.24) is 4.90 Å². The zero-order valence-corrected chi connectivity index (χ0v) is 18.0. The van der Waals surface area contributed by atoms with Crippen molar-refractivity contribution in [1.29, 1.82) is 0 Å². The Morgan fingerprint density at radius 1 is 0.871 bits per heavy atom. The molecule has 0 radical (unpaired) electrons. The molecule has 0 aliphatic carbocycles. The molecule has 0 amide bonds. The van der Waals surface area contributed by atoms with E-state index in [2.05, 4.69) is 35.1 Å². The number of benzene rings is 3. The fourth-order valence-corrected chi connectivity index (χ4v) is 3.97. The molecule has 0 spiro atoms. The molecule has 0 aromatic heterocycles. The molecule has 3 aromatic carbocycles. The molecule has 3 heteroatoms. The number of terminal acetylenes is 1. The highest BCUT2D eigenvalue weighted by atomic mass is 16.5. The second-order valence-electron chi connectivity index (χ2n) is 7.70. The first-order chi connectivity index (χ1) is 15.2. The van der Waals surface area contributed by atoms with Gasteiger partial charge in [-0.1, -0.05) is 104 Å². The lowest BCUT2D eigenvalue weighted by atomic mass is 9.77.